The molecule has 0 spiro atoms. The van der Waals surface area contributed by atoms with Crippen molar-refractivity contribution in [1.82, 2.24) is 4.90 Å². The Labute approximate surface area is 165 Å². The van der Waals surface area contributed by atoms with Gasteiger partial charge in [-0.2, -0.15) is 0 Å². The molecule has 2 amide bonds. The van der Waals surface area contributed by atoms with Gasteiger partial charge in [0.2, 0.25) is 0 Å². The Morgan fingerprint density at radius 3 is 2.57 bits per heavy atom. The summed E-state index contributed by atoms with van der Waals surface area (Å²) in [5, 5.41) is 2.67. The predicted octanol–water partition coefficient (Wildman–Crippen LogP) is 4.25. The van der Waals surface area contributed by atoms with Gasteiger partial charge in [-0.25, -0.2) is 4.79 Å². The van der Waals surface area contributed by atoms with Crippen molar-refractivity contribution in [2.75, 3.05) is 25.0 Å². The fourth-order valence-corrected chi connectivity index (χ4v) is 3.04. The average Bonchev–Trinajstić information content (AvgIpc) is 2.67. The Morgan fingerprint density at radius 1 is 1.11 bits per heavy atom. The van der Waals surface area contributed by atoms with Crippen LogP contribution in [0.4, 0.5) is 10.5 Å². The van der Waals surface area contributed by atoms with Gasteiger partial charge < -0.3 is 14.4 Å². The normalized spacial score (nSPS) is 17.1. The molecule has 0 radical (unpaired) electrons. The first-order valence-corrected chi connectivity index (χ1v) is 9.38. The monoisotopic (exact) mass is 382 g/mol. The van der Waals surface area contributed by atoms with Crippen molar-refractivity contribution >= 4 is 17.7 Å². The number of nitrogens with one attached hydrogen (secondary N) is 1. The van der Waals surface area contributed by atoms with Crippen LogP contribution in [0.15, 0.2) is 54.6 Å². The fourth-order valence-electron chi connectivity index (χ4n) is 3.04. The largest absolute Gasteiger partial charge is 0.444 e. The number of hydrogen-bond acceptors (Lipinski definition) is 4. The van der Waals surface area contributed by atoms with E-state index in [1.807, 2.05) is 30.3 Å². The molecule has 0 bridgehead atoms. The Kier molecular flexibility index (Phi) is 5.99. The smallest absolute Gasteiger partial charge is 0.412 e. The van der Waals surface area contributed by atoms with E-state index in [-0.39, 0.29) is 12.0 Å². The second kappa shape index (κ2) is 8.44. The van der Waals surface area contributed by atoms with Gasteiger partial charge in [-0.15, -0.1) is 0 Å². The molecule has 1 atom stereocenters. The summed E-state index contributed by atoms with van der Waals surface area (Å²) in [7, 11) is 0. The van der Waals surface area contributed by atoms with Crippen LogP contribution in [0.3, 0.4) is 0 Å². The predicted molar refractivity (Wildman–Crippen MR) is 107 cm³/mol. The van der Waals surface area contributed by atoms with Gasteiger partial charge in [0.05, 0.1) is 13.2 Å². The number of rotatable bonds is 3. The van der Waals surface area contributed by atoms with Crippen LogP contribution in [0.5, 0.6) is 0 Å². The highest BCUT2D eigenvalue weighted by Crippen LogP contribution is 2.23. The van der Waals surface area contributed by atoms with Crippen molar-refractivity contribution in [3.05, 3.63) is 65.7 Å². The van der Waals surface area contributed by atoms with E-state index in [9.17, 15) is 9.59 Å². The van der Waals surface area contributed by atoms with E-state index >= 15 is 0 Å². The number of carbonyl (C=O) groups excluding carboxylic acids is 2. The van der Waals surface area contributed by atoms with Gasteiger partial charge in [-0.05, 0) is 44.5 Å². The Bertz CT molecular complexity index is 830. The SMILES string of the molecule is CC(C)(C)OC(=O)Nc1cccc(C(=O)N2CCOC(c3ccccc3)C2)c1. The van der Waals surface area contributed by atoms with Crippen molar-refractivity contribution in [3.63, 3.8) is 0 Å². The van der Waals surface area contributed by atoms with E-state index in [0.29, 0.717) is 30.9 Å². The molecule has 1 heterocycles. The Morgan fingerprint density at radius 2 is 1.86 bits per heavy atom. The van der Waals surface area contributed by atoms with Gasteiger partial charge in [-0.3, -0.25) is 10.1 Å². The lowest BCUT2D eigenvalue weighted by Crippen LogP contribution is -2.42. The van der Waals surface area contributed by atoms with E-state index in [1.165, 1.54) is 0 Å². The Hall–Kier alpha value is -2.86. The number of hydrogen-bond donors (Lipinski definition) is 1. The van der Waals surface area contributed by atoms with Crippen molar-refractivity contribution in [3.8, 4) is 0 Å². The first-order valence-electron chi connectivity index (χ1n) is 9.38. The highest BCUT2D eigenvalue weighted by molar-refractivity contribution is 5.96. The molecule has 1 unspecified atom stereocenters. The van der Waals surface area contributed by atoms with E-state index in [0.717, 1.165) is 5.56 Å². The average molecular weight is 382 g/mol. The zero-order valence-electron chi connectivity index (χ0n) is 16.5. The molecule has 2 aromatic carbocycles. The molecule has 0 aliphatic carbocycles. The highest BCUT2D eigenvalue weighted by atomic mass is 16.6. The summed E-state index contributed by atoms with van der Waals surface area (Å²) in [5.41, 5.74) is 1.51. The zero-order chi connectivity index (χ0) is 20.1. The number of morpholine rings is 1. The summed E-state index contributed by atoms with van der Waals surface area (Å²) >= 11 is 0. The fraction of sp³-hybridized carbons (Fsp3) is 0.364. The summed E-state index contributed by atoms with van der Waals surface area (Å²) < 4.78 is 11.1. The van der Waals surface area contributed by atoms with Gasteiger partial charge >= 0.3 is 6.09 Å². The summed E-state index contributed by atoms with van der Waals surface area (Å²) in [5.74, 6) is -0.0860. The highest BCUT2D eigenvalue weighted by Gasteiger charge is 2.26. The van der Waals surface area contributed by atoms with E-state index < -0.39 is 11.7 Å². The van der Waals surface area contributed by atoms with Crippen LogP contribution in [-0.2, 0) is 9.47 Å². The molecule has 1 N–H and O–H groups in total. The van der Waals surface area contributed by atoms with Crippen molar-refractivity contribution in [1.29, 1.82) is 0 Å². The zero-order valence-corrected chi connectivity index (χ0v) is 16.5. The number of ether oxygens (including phenoxy) is 2. The number of amides is 2. The molecular weight excluding hydrogens is 356 g/mol. The number of anilines is 1. The first kappa shape index (κ1) is 19.9. The van der Waals surface area contributed by atoms with Crippen LogP contribution in [0.2, 0.25) is 0 Å². The van der Waals surface area contributed by atoms with Crippen LogP contribution in [0.1, 0.15) is 42.8 Å². The van der Waals surface area contributed by atoms with E-state index in [2.05, 4.69) is 5.32 Å². The summed E-state index contributed by atoms with van der Waals surface area (Å²) in [6.45, 7) is 6.91. The molecule has 6 heteroatoms. The van der Waals surface area contributed by atoms with Gasteiger partial charge in [0.1, 0.15) is 11.7 Å². The number of benzene rings is 2. The second-order valence-corrected chi connectivity index (χ2v) is 7.73. The summed E-state index contributed by atoms with van der Waals surface area (Å²) in [6.07, 6.45) is -0.686. The maximum atomic E-state index is 13.0. The molecular formula is C22H26N2O4. The molecule has 1 saturated heterocycles. The number of carbonyl (C=O) groups is 2. The van der Waals surface area contributed by atoms with Crippen LogP contribution >= 0.6 is 0 Å². The topological polar surface area (TPSA) is 67.9 Å². The lowest BCUT2D eigenvalue weighted by molar-refractivity contribution is -0.0228. The maximum Gasteiger partial charge on any atom is 0.412 e. The third-order valence-corrected chi connectivity index (χ3v) is 4.28. The molecule has 3 rings (SSSR count). The molecule has 0 aromatic heterocycles. The minimum Gasteiger partial charge on any atom is -0.444 e. The lowest BCUT2D eigenvalue weighted by Gasteiger charge is -2.33. The molecule has 148 valence electrons. The molecule has 1 fully saturated rings. The van der Waals surface area contributed by atoms with Crippen LogP contribution < -0.4 is 5.32 Å². The second-order valence-electron chi connectivity index (χ2n) is 7.73. The van der Waals surface area contributed by atoms with Crippen LogP contribution in [-0.4, -0.2) is 42.2 Å². The summed E-state index contributed by atoms with van der Waals surface area (Å²) in [4.78, 5) is 26.7. The van der Waals surface area contributed by atoms with Gasteiger partial charge in [0.25, 0.3) is 5.91 Å². The third-order valence-electron chi connectivity index (χ3n) is 4.28. The van der Waals surface area contributed by atoms with E-state index in [4.69, 9.17) is 9.47 Å². The quantitative estimate of drug-likeness (QED) is 0.862. The summed E-state index contributed by atoms with van der Waals surface area (Å²) in [6, 6.07) is 16.8. The molecule has 1 aliphatic rings. The maximum absolute atomic E-state index is 13.0. The third kappa shape index (κ3) is 5.33. The minimum absolute atomic E-state index is 0.0860. The Balaban J connectivity index is 1.68. The van der Waals surface area contributed by atoms with Crippen molar-refractivity contribution in [2.24, 2.45) is 0 Å². The van der Waals surface area contributed by atoms with Gasteiger partial charge in [0, 0.05) is 17.8 Å². The lowest BCUT2D eigenvalue weighted by atomic mass is 10.1. The van der Waals surface area contributed by atoms with Gasteiger partial charge in [0.15, 0.2) is 0 Å². The molecule has 28 heavy (non-hydrogen) atoms. The van der Waals surface area contributed by atoms with Crippen LogP contribution in [0, 0.1) is 0 Å². The molecule has 1 aliphatic heterocycles. The van der Waals surface area contributed by atoms with Crippen molar-refractivity contribution < 1.29 is 19.1 Å². The standard InChI is InChI=1S/C22H26N2O4/c1-22(2,3)28-21(26)23-18-11-7-10-17(14-18)20(25)24-12-13-27-19(15-24)16-8-5-4-6-9-16/h4-11,14,19H,12-13,15H2,1-3H3,(H,23,26). The minimum atomic E-state index is -0.586. The number of nitrogens with zero attached hydrogens (tertiary/aromatic N) is 1. The molecule has 2 aromatic rings. The van der Waals surface area contributed by atoms with Crippen molar-refractivity contribution in [2.45, 2.75) is 32.5 Å². The first-order chi connectivity index (χ1) is 13.3. The van der Waals surface area contributed by atoms with Crippen LogP contribution in [0.25, 0.3) is 0 Å². The molecule has 0 saturated carbocycles. The van der Waals surface area contributed by atoms with Gasteiger partial charge in [-0.1, -0.05) is 36.4 Å². The molecule has 6 nitrogen and oxygen atoms in total. The van der Waals surface area contributed by atoms with E-state index in [1.54, 1.807) is 49.9 Å².